The lowest BCUT2D eigenvalue weighted by atomic mass is 9.73. The maximum atomic E-state index is 14.8. The molecule has 0 radical (unpaired) electrons. The van der Waals surface area contributed by atoms with Crippen LogP contribution in [0.3, 0.4) is 0 Å². The monoisotopic (exact) mass is 743 g/mol. The van der Waals surface area contributed by atoms with E-state index in [1.165, 1.54) is 17.4 Å². The average Bonchev–Trinajstić information content (AvgIpc) is 3.35. The van der Waals surface area contributed by atoms with Crippen molar-refractivity contribution in [2.45, 2.75) is 151 Å². The highest BCUT2D eigenvalue weighted by atomic mass is 32.1. The smallest absolute Gasteiger partial charge is 0.305 e. The Kier molecular flexibility index (Phi) is 16.5. The van der Waals surface area contributed by atoms with E-state index in [2.05, 4.69) is 72.7 Å². The number of carboxylic acid groups (broad SMARTS) is 1. The molecule has 0 aromatic carbocycles. The molecule has 0 bridgehead atoms. The highest BCUT2D eigenvalue weighted by Crippen LogP contribution is 2.43. The minimum absolute atomic E-state index is 0.0996. The number of halogens is 1. The summed E-state index contributed by atoms with van der Waals surface area (Å²) in [4.78, 5) is 30.8. The molecule has 1 rings (SSSR count). The molecule has 0 amide bonds. The summed E-state index contributed by atoms with van der Waals surface area (Å²) in [6, 6.07) is 0. The Morgan fingerprint density at radius 1 is 1.00 bits per heavy atom. The lowest BCUT2D eigenvalue weighted by Crippen LogP contribution is -2.54. The van der Waals surface area contributed by atoms with Crippen molar-refractivity contribution in [2.24, 2.45) is 17.3 Å². The van der Waals surface area contributed by atoms with Crippen molar-refractivity contribution in [2.75, 3.05) is 13.2 Å². The van der Waals surface area contributed by atoms with Gasteiger partial charge in [0.05, 0.1) is 48.6 Å². The summed E-state index contributed by atoms with van der Waals surface area (Å²) in [5.41, 5.74) is 0.340. The van der Waals surface area contributed by atoms with Gasteiger partial charge in [-0.2, -0.15) is 0 Å². The minimum atomic E-state index is -2.43. The van der Waals surface area contributed by atoms with Gasteiger partial charge in [0, 0.05) is 22.6 Å². The van der Waals surface area contributed by atoms with Crippen LogP contribution in [-0.2, 0) is 23.2 Å². The van der Waals surface area contributed by atoms with E-state index in [9.17, 15) is 24.2 Å². The number of aliphatic hydroxyl groups is 1. The highest BCUT2D eigenvalue weighted by molar-refractivity contribution is 7.09. The number of aromatic nitrogens is 1. The second-order valence-corrected chi connectivity index (χ2v) is 27.8. The van der Waals surface area contributed by atoms with Crippen molar-refractivity contribution >= 4 is 45.8 Å². The lowest BCUT2D eigenvalue weighted by Gasteiger charge is -2.46. The Hall–Kier alpha value is -1.55. The predicted octanol–water partition coefficient (Wildman–Crippen LogP) is 9.60. The van der Waals surface area contributed by atoms with Gasteiger partial charge in [-0.3, -0.25) is 9.59 Å². The molecule has 282 valence electrons. The van der Waals surface area contributed by atoms with Crippen molar-refractivity contribution in [1.82, 2.24) is 4.98 Å². The zero-order valence-corrected chi connectivity index (χ0v) is 35.9. The molecule has 1 unspecified atom stereocenters. The number of thiazole rings is 1. The fraction of sp³-hybridized carbons (Fsp3) is 0.757. The quantitative estimate of drug-likeness (QED) is 0.135. The number of hydrogen-bond acceptors (Lipinski definition) is 8. The van der Waals surface area contributed by atoms with E-state index >= 15 is 0 Å². The average molecular weight is 744 g/mol. The molecule has 0 saturated carbocycles. The second-order valence-electron chi connectivity index (χ2n) is 17.3. The highest BCUT2D eigenvalue weighted by Gasteiger charge is 2.50. The van der Waals surface area contributed by atoms with E-state index in [0.29, 0.717) is 5.57 Å². The summed E-state index contributed by atoms with van der Waals surface area (Å²) in [6.45, 7) is 31.9. The van der Waals surface area contributed by atoms with E-state index < -0.39 is 58.1 Å². The Balaban J connectivity index is 3.20. The largest absolute Gasteiger partial charge is 0.481 e. The molecule has 1 heterocycles. The summed E-state index contributed by atoms with van der Waals surface area (Å²) in [7, 11) is -4.81. The van der Waals surface area contributed by atoms with Crippen molar-refractivity contribution in [1.29, 1.82) is 0 Å². The number of aliphatic carboxylic acids is 1. The van der Waals surface area contributed by atoms with E-state index in [4.69, 9.17) is 13.6 Å². The van der Waals surface area contributed by atoms with Crippen LogP contribution in [0, 0.1) is 24.2 Å². The Morgan fingerprint density at radius 3 is 2.00 bits per heavy atom. The molecule has 5 atom stereocenters. The fourth-order valence-electron chi connectivity index (χ4n) is 4.96. The van der Waals surface area contributed by atoms with E-state index in [1.807, 2.05) is 26.2 Å². The van der Waals surface area contributed by atoms with Crippen LogP contribution in [0.15, 0.2) is 22.9 Å². The van der Waals surface area contributed by atoms with Crippen LogP contribution in [0.2, 0.25) is 36.3 Å². The molecule has 0 aliphatic rings. The summed E-state index contributed by atoms with van der Waals surface area (Å²) in [6.07, 6.45) is 0.722. The molecule has 0 saturated heterocycles. The number of aryl methyl sites for hydroxylation is 1. The second kappa shape index (κ2) is 17.8. The number of rotatable bonds is 19. The van der Waals surface area contributed by atoms with Crippen LogP contribution < -0.4 is 0 Å². The van der Waals surface area contributed by atoms with E-state index in [1.54, 1.807) is 26.8 Å². The zero-order valence-electron chi connectivity index (χ0n) is 33.1. The normalized spacial score (nSPS) is 17.4. The number of aliphatic hydroxyl groups excluding tert-OH is 1. The van der Waals surface area contributed by atoms with Crippen molar-refractivity contribution in [3.8, 4) is 0 Å². The van der Waals surface area contributed by atoms with E-state index in [-0.39, 0.29) is 47.8 Å². The van der Waals surface area contributed by atoms with Gasteiger partial charge in [0.2, 0.25) is 0 Å². The topological polar surface area (TPSA) is 115 Å². The third kappa shape index (κ3) is 13.5. The molecule has 0 aliphatic heterocycles. The molecule has 12 heteroatoms. The Labute approximate surface area is 302 Å². The number of ether oxygens (including phenoxy) is 1. The van der Waals surface area contributed by atoms with Gasteiger partial charge in [-0.15, -0.1) is 11.3 Å². The maximum Gasteiger partial charge on any atom is 0.305 e. The zero-order chi connectivity index (χ0) is 38.3. The first-order valence-corrected chi connectivity index (χ1v) is 24.1. The molecule has 1 aromatic heterocycles. The standard InChI is InChI=1S/C37H66FNO7SSi2/c1-24(19-29-23-47-27(4)39-29)30(40)18-17-28(38)22-44-21-25(2)33(46-49(15,16)36(8,9)10)26(3)34(43)37(11,12)31(20-32(41)42)45-48(13,14)35(5,6)7/h17,19,23,25-26,30-31,33,40H,18,20-22H2,1-16H3,(H,41,42)/b24-19+,28-17-/t25-,26+,30?,31-,33-/m0/s1. The molecule has 0 aliphatic carbocycles. The van der Waals surface area contributed by atoms with E-state index in [0.717, 1.165) is 10.7 Å². The van der Waals surface area contributed by atoms with Crippen LogP contribution in [-0.4, -0.2) is 75.1 Å². The summed E-state index contributed by atoms with van der Waals surface area (Å²) in [5, 5.41) is 22.9. The van der Waals surface area contributed by atoms with Crippen molar-refractivity contribution in [3.05, 3.63) is 33.6 Å². The number of nitrogens with zero attached hydrogens (tertiary/aromatic N) is 1. The van der Waals surface area contributed by atoms with Crippen LogP contribution in [0.5, 0.6) is 0 Å². The van der Waals surface area contributed by atoms with Gasteiger partial charge in [0.1, 0.15) is 11.6 Å². The van der Waals surface area contributed by atoms with Crippen molar-refractivity contribution < 1.29 is 37.8 Å². The molecule has 49 heavy (non-hydrogen) atoms. The van der Waals surface area contributed by atoms with Gasteiger partial charge in [-0.05, 0) is 74.3 Å². The maximum absolute atomic E-state index is 14.8. The van der Waals surface area contributed by atoms with Crippen LogP contribution in [0.4, 0.5) is 4.39 Å². The van der Waals surface area contributed by atoms with Crippen LogP contribution in [0.25, 0.3) is 6.08 Å². The Morgan fingerprint density at radius 2 is 1.53 bits per heavy atom. The summed E-state index contributed by atoms with van der Waals surface area (Å²) >= 11 is 1.53. The SMILES string of the molecule is C/C(=C\c1csc(C)n1)C(O)C/C=C(\F)COC[C@H](C)[C@H](O[Si](C)(C)C(C)(C)C)[C@@H](C)C(=O)C(C)(C)[C@H](CC(=O)O)O[Si](C)(C)C(C)(C)C. The molecular weight excluding hydrogens is 678 g/mol. The third-order valence-corrected chi connectivity index (χ3v) is 20.2. The molecule has 8 nitrogen and oxygen atoms in total. The van der Waals surface area contributed by atoms with Gasteiger partial charge < -0.3 is 23.8 Å². The van der Waals surface area contributed by atoms with Crippen LogP contribution in [0.1, 0.15) is 99.7 Å². The van der Waals surface area contributed by atoms with Crippen molar-refractivity contribution in [3.63, 3.8) is 0 Å². The number of carbonyl (C=O) groups is 2. The molecule has 0 spiro atoms. The molecule has 0 fully saturated rings. The number of carboxylic acids is 1. The van der Waals surface area contributed by atoms with Gasteiger partial charge in [-0.25, -0.2) is 9.37 Å². The summed E-state index contributed by atoms with van der Waals surface area (Å²) < 4.78 is 34.2. The van der Waals surface area contributed by atoms with Gasteiger partial charge in [-0.1, -0.05) is 69.2 Å². The number of ketones is 1. The predicted molar refractivity (Wildman–Crippen MR) is 205 cm³/mol. The van der Waals surface area contributed by atoms with Gasteiger partial charge in [0.25, 0.3) is 0 Å². The Bertz CT molecular complexity index is 1310. The number of hydrogen-bond donors (Lipinski definition) is 2. The first kappa shape index (κ1) is 45.5. The van der Waals surface area contributed by atoms with Gasteiger partial charge in [0.15, 0.2) is 16.6 Å². The first-order chi connectivity index (χ1) is 22.0. The molecular formula is C37H66FNO7SSi2. The number of carbonyl (C=O) groups excluding carboxylic acids is 1. The van der Waals surface area contributed by atoms with Crippen LogP contribution >= 0.6 is 11.3 Å². The fourth-order valence-corrected chi connectivity index (χ4v) is 8.44. The number of Topliss-reactive ketones (excluding diaryl/α,β-unsaturated/α-hetero) is 1. The minimum Gasteiger partial charge on any atom is -0.481 e. The third-order valence-electron chi connectivity index (χ3n) is 10.5. The first-order valence-electron chi connectivity index (χ1n) is 17.4. The van der Waals surface area contributed by atoms with Gasteiger partial charge >= 0.3 is 5.97 Å². The summed E-state index contributed by atoms with van der Waals surface area (Å²) in [5.74, 6) is -2.54. The molecule has 1 aromatic rings. The lowest BCUT2D eigenvalue weighted by molar-refractivity contribution is -0.146. The molecule has 2 N–H and O–H groups in total.